The predicted molar refractivity (Wildman–Crippen MR) is 136 cm³/mol. The summed E-state index contributed by atoms with van der Waals surface area (Å²) < 4.78 is 5.98. The Balaban J connectivity index is 2.02. The minimum Gasteiger partial charge on any atom is -0.443 e. The van der Waals surface area contributed by atoms with Crippen LogP contribution in [0.4, 0.5) is 10.5 Å². The van der Waals surface area contributed by atoms with Crippen LogP contribution >= 0.6 is 39.1 Å². The standard InChI is InChI=1S/C25H23BrCl2N2O4/c1-13(26)21-25(18(12-20(31)29-21)14-6-5-7-15(27)10-14)17-9-8-16(28)11-19(17)30(22(25)32)23(33)34-24(2,3)4/h5-11,18,21H,1,12H2,2-4H3,(H,29,31). The van der Waals surface area contributed by atoms with Crippen LogP contribution in [0.15, 0.2) is 53.5 Å². The zero-order valence-corrected chi connectivity index (χ0v) is 21.9. The Bertz CT molecular complexity index is 1230. The van der Waals surface area contributed by atoms with Gasteiger partial charge in [-0.25, -0.2) is 9.69 Å². The summed E-state index contributed by atoms with van der Waals surface area (Å²) in [6.07, 6.45) is -0.814. The largest absolute Gasteiger partial charge is 0.443 e. The van der Waals surface area contributed by atoms with Gasteiger partial charge in [0.25, 0.3) is 0 Å². The topological polar surface area (TPSA) is 75.7 Å². The maximum Gasteiger partial charge on any atom is 0.421 e. The second-order valence-corrected chi connectivity index (χ2v) is 11.3. The molecule has 3 amide bonds. The number of nitrogens with one attached hydrogen (secondary N) is 1. The van der Waals surface area contributed by atoms with Crippen molar-refractivity contribution in [2.75, 3.05) is 4.90 Å². The third kappa shape index (κ3) is 4.04. The van der Waals surface area contributed by atoms with Crippen LogP contribution in [0.1, 0.15) is 44.2 Å². The molecule has 3 atom stereocenters. The van der Waals surface area contributed by atoms with Gasteiger partial charge in [-0.1, -0.05) is 63.9 Å². The van der Waals surface area contributed by atoms with Gasteiger partial charge < -0.3 is 10.1 Å². The van der Waals surface area contributed by atoms with Gasteiger partial charge in [0.05, 0.1) is 11.7 Å². The molecule has 6 nitrogen and oxygen atoms in total. The van der Waals surface area contributed by atoms with Gasteiger partial charge >= 0.3 is 6.09 Å². The fourth-order valence-electron chi connectivity index (χ4n) is 4.86. The van der Waals surface area contributed by atoms with Gasteiger partial charge in [0.2, 0.25) is 11.8 Å². The average molecular weight is 566 g/mol. The number of benzene rings is 2. The number of carbonyl (C=O) groups excluding carboxylic acids is 3. The Kier molecular flexibility index (Phi) is 6.34. The Hall–Kier alpha value is -2.35. The van der Waals surface area contributed by atoms with E-state index in [4.69, 9.17) is 27.9 Å². The van der Waals surface area contributed by atoms with Gasteiger partial charge in [0.1, 0.15) is 11.0 Å². The number of hydrogen-bond donors (Lipinski definition) is 1. The normalized spacial score (nSPS) is 24.1. The van der Waals surface area contributed by atoms with Crippen LogP contribution in [0.5, 0.6) is 0 Å². The Morgan fingerprint density at radius 1 is 1.18 bits per heavy atom. The van der Waals surface area contributed by atoms with Crippen molar-refractivity contribution in [2.24, 2.45) is 0 Å². The lowest BCUT2D eigenvalue weighted by Gasteiger charge is -2.46. The van der Waals surface area contributed by atoms with Crippen LogP contribution < -0.4 is 10.2 Å². The minimum atomic E-state index is -1.39. The van der Waals surface area contributed by atoms with Crippen molar-refractivity contribution in [3.63, 3.8) is 0 Å². The number of piperidine rings is 1. The molecule has 178 valence electrons. The molecule has 1 spiro atoms. The maximum absolute atomic E-state index is 14.4. The lowest BCUT2D eigenvalue weighted by atomic mass is 9.60. The maximum atomic E-state index is 14.4. The fourth-order valence-corrected chi connectivity index (χ4v) is 5.71. The van der Waals surface area contributed by atoms with Crippen molar-refractivity contribution < 1.29 is 19.1 Å². The third-order valence-electron chi connectivity index (χ3n) is 6.04. The Morgan fingerprint density at radius 3 is 2.47 bits per heavy atom. The molecule has 0 aromatic heterocycles. The molecule has 0 aliphatic carbocycles. The first kappa shape index (κ1) is 24.8. The van der Waals surface area contributed by atoms with Crippen molar-refractivity contribution >= 4 is 62.7 Å². The number of fused-ring (bicyclic) bond motifs is 2. The van der Waals surface area contributed by atoms with E-state index in [1.807, 2.05) is 6.07 Å². The quantitative estimate of drug-likeness (QED) is 0.478. The highest BCUT2D eigenvalue weighted by atomic mass is 79.9. The fraction of sp³-hybridized carbons (Fsp3) is 0.320. The van der Waals surface area contributed by atoms with Gasteiger partial charge in [-0.3, -0.25) is 9.59 Å². The molecule has 9 heteroatoms. The molecule has 34 heavy (non-hydrogen) atoms. The highest BCUT2D eigenvalue weighted by Crippen LogP contribution is 2.57. The molecular weight excluding hydrogens is 543 g/mol. The molecule has 3 unspecified atom stereocenters. The number of rotatable bonds is 2. The molecule has 2 aromatic carbocycles. The van der Waals surface area contributed by atoms with E-state index in [2.05, 4.69) is 27.8 Å². The van der Waals surface area contributed by atoms with E-state index in [-0.39, 0.29) is 12.3 Å². The van der Waals surface area contributed by atoms with Crippen LogP contribution in [0, 0.1) is 0 Å². The molecule has 2 aliphatic heterocycles. The molecule has 0 bridgehead atoms. The van der Waals surface area contributed by atoms with Crippen LogP contribution in [0.25, 0.3) is 0 Å². The third-order valence-corrected chi connectivity index (χ3v) is 6.97. The first-order chi connectivity index (χ1) is 15.9. The lowest BCUT2D eigenvalue weighted by molar-refractivity contribution is -0.131. The van der Waals surface area contributed by atoms with Crippen LogP contribution in [0.3, 0.4) is 0 Å². The molecule has 1 saturated heterocycles. The zero-order valence-electron chi connectivity index (χ0n) is 18.8. The molecule has 2 aliphatic rings. The van der Waals surface area contributed by atoms with Crippen molar-refractivity contribution in [3.8, 4) is 0 Å². The number of ether oxygens (including phenoxy) is 1. The Labute approximate surface area is 216 Å². The first-order valence-corrected chi connectivity index (χ1v) is 12.2. The summed E-state index contributed by atoms with van der Waals surface area (Å²) in [4.78, 5) is 41.5. The van der Waals surface area contributed by atoms with E-state index in [0.29, 0.717) is 31.3 Å². The SMILES string of the molecule is C=C(Br)C1NC(=O)CC(c2cccc(Cl)c2)C12C(=O)N(C(=O)OC(C)(C)C)c1cc(Cl)ccc12. The number of nitrogens with zero attached hydrogens (tertiary/aromatic N) is 1. The Morgan fingerprint density at radius 2 is 1.85 bits per heavy atom. The summed E-state index contributed by atoms with van der Waals surface area (Å²) in [7, 11) is 0. The molecular formula is C25H23BrCl2N2O4. The van der Waals surface area contributed by atoms with E-state index >= 15 is 0 Å². The van der Waals surface area contributed by atoms with E-state index in [0.717, 1.165) is 4.90 Å². The number of hydrogen-bond acceptors (Lipinski definition) is 4. The molecule has 2 aromatic rings. The summed E-state index contributed by atoms with van der Waals surface area (Å²) in [6.45, 7) is 9.16. The highest BCUT2D eigenvalue weighted by molar-refractivity contribution is 9.11. The van der Waals surface area contributed by atoms with Gasteiger partial charge in [0.15, 0.2) is 0 Å². The zero-order chi connectivity index (χ0) is 25.0. The first-order valence-electron chi connectivity index (χ1n) is 10.6. The van der Waals surface area contributed by atoms with Crippen LogP contribution in [-0.2, 0) is 19.7 Å². The molecule has 1 fully saturated rings. The summed E-state index contributed by atoms with van der Waals surface area (Å²) in [5.74, 6) is -1.42. The second-order valence-electron chi connectivity index (χ2n) is 9.41. The van der Waals surface area contributed by atoms with Crippen molar-refractivity contribution in [3.05, 3.63) is 74.7 Å². The van der Waals surface area contributed by atoms with Crippen molar-refractivity contribution in [1.29, 1.82) is 0 Å². The van der Waals surface area contributed by atoms with Gasteiger partial charge in [-0.05, 0) is 56.2 Å². The van der Waals surface area contributed by atoms with E-state index in [1.165, 1.54) is 0 Å². The molecule has 0 saturated carbocycles. The van der Waals surface area contributed by atoms with Crippen LogP contribution in [-0.4, -0.2) is 29.6 Å². The smallest absolute Gasteiger partial charge is 0.421 e. The van der Waals surface area contributed by atoms with Crippen molar-refractivity contribution in [1.82, 2.24) is 5.32 Å². The number of anilines is 1. The van der Waals surface area contributed by atoms with Gasteiger partial charge in [0, 0.05) is 26.9 Å². The molecule has 0 radical (unpaired) electrons. The molecule has 1 N–H and O–H groups in total. The highest BCUT2D eigenvalue weighted by Gasteiger charge is 2.65. The summed E-state index contributed by atoms with van der Waals surface area (Å²) in [6, 6.07) is 11.1. The summed E-state index contributed by atoms with van der Waals surface area (Å²) >= 11 is 16.0. The molecule has 2 heterocycles. The van der Waals surface area contributed by atoms with E-state index < -0.39 is 35.0 Å². The number of carbonyl (C=O) groups is 3. The minimum absolute atomic E-state index is 0.00703. The number of imide groups is 1. The summed E-state index contributed by atoms with van der Waals surface area (Å²) in [5, 5.41) is 3.73. The number of halogens is 3. The summed E-state index contributed by atoms with van der Waals surface area (Å²) in [5.41, 5.74) is -0.675. The monoisotopic (exact) mass is 564 g/mol. The van der Waals surface area contributed by atoms with Gasteiger partial charge in [-0.2, -0.15) is 0 Å². The van der Waals surface area contributed by atoms with Crippen LogP contribution in [0.2, 0.25) is 10.0 Å². The predicted octanol–water partition coefficient (Wildman–Crippen LogP) is 6.09. The second kappa shape index (κ2) is 8.70. The number of amides is 3. The van der Waals surface area contributed by atoms with Gasteiger partial charge in [-0.15, -0.1) is 0 Å². The lowest BCUT2D eigenvalue weighted by Crippen LogP contribution is -2.63. The van der Waals surface area contributed by atoms with E-state index in [1.54, 1.807) is 57.2 Å². The van der Waals surface area contributed by atoms with Crippen molar-refractivity contribution in [2.45, 2.75) is 50.2 Å². The average Bonchev–Trinajstić information content (AvgIpc) is 2.96. The molecule has 4 rings (SSSR count). The van der Waals surface area contributed by atoms with E-state index in [9.17, 15) is 14.4 Å².